The summed E-state index contributed by atoms with van der Waals surface area (Å²) in [5, 5.41) is 27.1. The van der Waals surface area contributed by atoms with Crippen molar-refractivity contribution >= 4 is 15.9 Å². The number of ether oxygens (including phenoxy) is 1. The Balaban J connectivity index is 0.000000151. The Morgan fingerprint density at radius 2 is 1.54 bits per heavy atom. The highest BCUT2D eigenvalue weighted by Crippen LogP contribution is 2.25. The van der Waals surface area contributed by atoms with Gasteiger partial charge in [0.2, 0.25) is 11.6 Å². The number of aryl methyl sites for hydroxylation is 2. The number of aromatic nitrogens is 12. The van der Waals surface area contributed by atoms with Gasteiger partial charge < -0.3 is 27.8 Å². The molecule has 0 aliphatic heterocycles. The van der Waals surface area contributed by atoms with Crippen molar-refractivity contribution in [2.75, 3.05) is 7.11 Å². The van der Waals surface area contributed by atoms with Crippen molar-refractivity contribution in [1.29, 1.82) is 0 Å². The second-order valence-corrected chi connectivity index (χ2v) is 11.0. The summed E-state index contributed by atoms with van der Waals surface area (Å²) in [6.45, 7) is 4.00. The fourth-order valence-corrected chi connectivity index (χ4v) is 4.63. The standard InChI is InChI=1S/C15H11FN6O3.C11H8FN5O2.C5H6BrNO/c1-8-4-9(25-20-8)7-22-13(11-2-3-24-21-11)5-12(19-22)14-17-6-10(16)15(23)18-14;1-18-11-6(12)5-13-10(14-11)9-4-8(15-16-9)7-2-3-19-17-7;1-4-2-5(3-6)8-7-4/h2-6H,7H2,1H3,(H,17,18,23);2-5H,1H3,(H,15,16);2H,3H2,1H3. The predicted molar refractivity (Wildman–Crippen MR) is 177 cm³/mol. The van der Waals surface area contributed by atoms with Gasteiger partial charge in [-0.2, -0.15) is 24.0 Å². The summed E-state index contributed by atoms with van der Waals surface area (Å²) >= 11 is 3.24. The molecule has 52 heavy (non-hydrogen) atoms. The molecule has 21 heteroatoms. The maximum absolute atomic E-state index is 13.2. The molecule has 0 fully saturated rings. The second-order valence-electron chi connectivity index (χ2n) is 10.5. The van der Waals surface area contributed by atoms with Crippen LogP contribution in [0.4, 0.5) is 8.78 Å². The summed E-state index contributed by atoms with van der Waals surface area (Å²) in [4.78, 5) is 25.5. The van der Waals surface area contributed by atoms with Crippen molar-refractivity contribution < 1.29 is 31.6 Å². The first-order chi connectivity index (χ1) is 25.2. The second kappa shape index (κ2) is 15.9. The van der Waals surface area contributed by atoms with Gasteiger partial charge >= 0.3 is 0 Å². The number of nitrogens with one attached hydrogen (secondary N) is 2. The molecule has 8 aromatic heterocycles. The molecule has 0 unspecified atom stereocenters. The number of aromatic amines is 2. The lowest BCUT2D eigenvalue weighted by molar-refractivity contribution is 0.367. The van der Waals surface area contributed by atoms with E-state index in [1.54, 1.807) is 35.0 Å². The quantitative estimate of drug-likeness (QED) is 0.186. The van der Waals surface area contributed by atoms with E-state index >= 15 is 0 Å². The van der Waals surface area contributed by atoms with Crippen molar-refractivity contribution in [2.45, 2.75) is 25.7 Å². The van der Waals surface area contributed by atoms with Crippen LogP contribution in [0.25, 0.3) is 45.8 Å². The highest BCUT2D eigenvalue weighted by molar-refractivity contribution is 9.08. The normalized spacial score (nSPS) is 10.7. The van der Waals surface area contributed by atoms with Crippen LogP contribution >= 0.6 is 15.9 Å². The summed E-state index contributed by atoms with van der Waals surface area (Å²) in [5.41, 5.74) is 4.00. The molecule has 0 saturated heterocycles. The molecule has 8 aromatic rings. The maximum Gasteiger partial charge on any atom is 0.287 e. The van der Waals surface area contributed by atoms with Gasteiger partial charge in [-0.1, -0.05) is 36.6 Å². The lowest BCUT2D eigenvalue weighted by atomic mass is 10.2. The van der Waals surface area contributed by atoms with Crippen LogP contribution in [0.3, 0.4) is 0 Å². The van der Waals surface area contributed by atoms with Crippen LogP contribution in [0.1, 0.15) is 22.9 Å². The fourth-order valence-electron chi connectivity index (χ4n) is 4.37. The minimum absolute atomic E-state index is 0.123. The molecule has 0 spiro atoms. The third kappa shape index (κ3) is 8.38. The predicted octanol–water partition coefficient (Wildman–Crippen LogP) is 5.32. The molecule has 8 heterocycles. The number of H-pyrrole nitrogens is 2. The van der Waals surface area contributed by atoms with Crippen molar-refractivity contribution in [3.05, 3.63) is 106 Å². The van der Waals surface area contributed by atoms with Gasteiger partial charge in [0.05, 0.1) is 41.9 Å². The van der Waals surface area contributed by atoms with Gasteiger partial charge in [-0.05, 0) is 26.0 Å². The molecule has 0 amide bonds. The van der Waals surface area contributed by atoms with Crippen LogP contribution in [-0.2, 0) is 11.9 Å². The summed E-state index contributed by atoms with van der Waals surface area (Å²) in [7, 11) is 1.34. The minimum atomic E-state index is -0.961. The Morgan fingerprint density at radius 1 is 0.846 bits per heavy atom. The first kappa shape index (κ1) is 35.2. The lowest BCUT2D eigenvalue weighted by Crippen LogP contribution is -2.12. The first-order valence-electron chi connectivity index (χ1n) is 14.9. The Kier molecular flexibility index (Phi) is 10.8. The van der Waals surface area contributed by atoms with Crippen molar-refractivity contribution in [3.8, 4) is 51.7 Å². The van der Waals surface area contributed by atoms with E-state index in [0.29, 0.717) is 39.9 Å². The van der Waals surface area contributed by atoms with Crippen molar-refractivity contribution in [1.82, 2.24) is 60.5 Å². The van der Waals surface area contributed by atoms with E-state index in [2.05, 4.69) is 71.8 Å². The van der Waals surface area contributed by atoms with Gasteiger partial charge in [0.1, 0.15) is 53.3 Å². The minimum Gasteiger partial charge on any atom is -0.479 e. The molecule has 0 radical (unpaired) electrons. The monoisotopic (exact) mass is 778 g/mol. The Morgan fingerprint density at radius 3 is 2.13 bits per heavy atom. The number of hydrogen-bond donors (Lipinski definition) is 2. The van der Waals surface area contributed by atoms with Crippen LogP contribution < -0.4 is 10.3 Å². The molecule has 8 rings (SSSR count). The molecule has 18 nitrogen and oxygen atoms in total. The topological polar surface area (TPSA) is 231 Å². The van der Waals surface area contributed by atoms with E-state index in [-0.39, 0.29) is 24.1 Å². The molecular weight excluding hydrogens is 754 g/mol. The van der Waals surface area contributed by atoms with Crippen LogP contribution in [-0.4, -0.2) is 67.7 Å². The number of alkyl halides is 1. The van der Waals surface area contributed by atoms with Gasteiger partial charge in [0, 0.05) is 24.3 Å². The third-order valence-corrected chi connectivity index (χ3v) is 7.25. The average molecular weight is 780 g/mol. The van der Waals surface area contributed by atoms with Gasteiger partial charge in [-0.3, -0.25) is 14.6 Å². The molecule has 2 N–H and O–H groups in total. The molecule has 0 atom stereocenters. The van der Waals surface area contributed by atoms with Gasteiger partial charge in [0.15, 0.2) is 17.4 Å². The first-order valence-corrected chi connectivity index (χ1v) is 16.0. The van der Waals surface area contributed by atoms with Gasteiger partial charge in [-0.25, -0.2) is 9.97 Å². The van der Waals surface area contributed by atoms with Crippen LogP contribution in [0, 0.1) is 25.5 Å². The summed E-state index contributed by atoms with van der Waals surface area (Å²) in [6.07, 6.45) is 4.77. The van der Waals surface area contributed by atoms with E-state index in [9.17, 15) is 13.6 Å². The van der Waals surface area contributed by atoms with E-state index in [1.165, 1.54) is 19.6 Å². The lowest BCUT2D eigenvalue weighted by Gasteiger charge is -2.01. The zero-order chi connectivity index (χ0) is 36.6. The summed E-state index contributed by atoms with van der Waals surface area (Å²) < 4.78 is 52.4. The summed E-state index contributed by atoms with van der Waals surface area (Å²) in [5.74, 6) is 0.186. The summed E-state index contributed by atoms with van der Waals surface area (Å²) in [6, 6.07) is 10.4. The zero-order valence-corrected chi connectivity index (χ0v) is 28.8. The van der Waals surface area contributed by atoms with Crippen molar-refractivity contribution in [3.63, 3.8) is 0 Å². The molecule has 0 aromatic carbocycles. The molecular formula is C31H25BrF2N12O6. The number of nitrogens with zero attached hydrogens (tertiary/aromatic N) is 10. The highest BCUT2D eigenvalue weighted by Gasteiger charge is 2.18. The zero-order valence-electron chi connectivity index (χ0n) is 27.2. The Bertz CT molecular complexity index is 2420. The largest absolute Gasteiger partial charge is 0.479 e. The van der Waals surface area contributed by atoms with E-state index in [4.69, 9.17) is 22.8 Å². The Labute approximate surface area is 298 Å². The molecule has 0 aliphatic carbocycles. The molecule has 0 aliphatic rings. The van der Waals surface area contributed by atoms with E-state index in [1.807, 2.05) is 19.9 Å². The Hall–Kier alpha value is -6.64. The average Bonchev–Trinajstić information content (AvgIpc) is 3.99. The van der Waals surface area contributed by atoms with Crippen molar-refractivity contribution in [2.24, 2.45) is 0 Å². The number of rotatable bonds is 8. The van der Waals surface area contributed by atoms with Crippen LogP contribution in [0.2, 0.25) is 0 Å². The molecule has 0 saturated carbocycles. The van der Waals surface area contributed by atoms with E-state index < -0.39 is 17.2 Å². The SMILES string of the molecule is COc1nc(-c2cc(-c3ccon3)n[nH]2)ncc1F.Cc1cc(CBr)on1.Cc1cc(Cn2nc(-c3ncc(F)c(=O)[nH]3)cc2-c2ccon2)on1. The maximum atomic E-state index is 13.2. The smallest absolute Gasteiger partial charge is 0.287 e. The molecule has 0 bridgehead atoms. The van der Waals surface area contributed by atoms with E-state index in [0.717, 1.165) is 34.9 Å². The van der Waals surface area contributed by atoms with Crippen LogP contribution in [0.5, 0.6) is 5.88 Å². The van der Waals surface area contributed by atoms with Gasteiger partial charge in [0.25, 0.3) is 11.4 Å². The van der Waals surface area contributed by atoms with Gasteiger partial charge in [-0.15, -0.1) is 0 Å². The highest BCUT2D eigenvalue weighted by atomic mass is 79.9. The number of methoxy groups -OCH3 is 1. The third-order valence-electron chi connectivity index (χ3n) is 6.69. The fraction of sp³-hybridized carbons (Fsp3) is 0.161. The van der Waals surface area contributed by atoms with Crippen LogP contribution in [0.15, 0.2) is 84.2 Å². The molecule has 266 valence electrons. The number of hydrogen-bond acceptors (Lipinski definition) is 15. The number of halogens is 3.